The quantitative estimate of drug-likeness (QED) is 0.593. The second-order valence-electron chi connectivity index (χ2n) is 7.68. The fourth-order valence-electron chi connectivity index (χ4n) is 6.29. The van der Waals surface area contributed by atoms with E-state index in [9.17, 15) is 0 Å². The van der Waals surface area contributed by atoms with Crippen LogP contribution in [0.3, 0.4) is 0 Å². The van der Waals surface area contributed by atoms with E-state index >= 15 is 0 Å². The fourth-order valence-corrected chi connectivity index (χ4v) is 6.29. The van der Waals surface area contributed by atoms with Gasteiger partial charge in [0.2, 0.25) is 0 Å². The first kappa shape index (κ1) is 10.2. The Morgan fingerprint density at radius 3 is 2.33 bits per heavy atom. The van der Waals surface area contributed by atoms with Crippen molar-refractivity contribution in [1.82, 2.24) is 0 Å². The predicted molar refractivity (Wildman–Crippen MR) is 64.6 cm³/mol. The second kappa shape index (κ2) is 2.46. The molecule has 86 valence electrons. The molecular weight excluding hydrogens is 180 g/mol. The van der Waals surface area contributed by atoms with Gasteiger partial charge >= 0.3 is 0 Å². The minimum absolute atomic E-state index is 0.678. The van der Waals surface area contributed by atoms with Crippen molar-refractivity contribution in [2.75, 3.05) is 0 Å². The molecule has 0 aromatic carbocycles. The summed E-state index contributed by atoms with van der Waals surface area (Å²) < 4.78 is 0. The molecule has 3 aliphatic carbocycles. The van der Waals surface area contributed by atoms with Crippen molar-refractivity contribution in [1.29, 1.82) is 0 Å². The smallest absolute Gasteiger partial charge is 0.0187 e. The van der Waals surface area contributed by atoms with Gasteiger partial charge in [-0.05, 0) is 59.7 Å². The maximum absolute atomic E-state index is 2.62. The van der Waals surface area contributed by atoms with Crippen LogP contribution in [0, 0.1) is 34.0 Å². The summed E-state index contributed by atoms with van der Waals surface area (Å²) in [5.41, 5.74) is 2.07. The Kier molecular flexibility index (Phi) is 1.67. The van der Waals surface area contributed by atoms with Gasteiger partial charge < -0.3 is 0 Å². The van der Waals surface area contributed by atoms with Crippen LogP contribution in [0.15, 0.2) is 0 Å². The summed E-state index contributed by atoms with van der Waals surface area (Å²) in [5.74, 6) is 2.94. The van der Waals surface area contributed by atoms with Crippen LogP contribution in [0.5, 0.6) is 0 Å². The van der Waals surface area contributed by atoms with Crippen LogP contribution in [0.4, 0.5) is 0 Å². The Bertz CT molecular complexity index is 305. The normalized spacial score (nSPS) is 62.0. The van der Waals surface area contributed by atoms with Gasteiger partial charge in [0.15, 0.2) is 0 Å². The minimum atomic E-state index is 0.678. The first-order chi connectivity index (χ1) is 6.85. The fraction of sp³-hybridized carbons (Fsp3) is 1.00. The van der Waals surface area contributed by atoms with Crippen LogP contribution < -0.4 is 0 Å². The highest BCUT2D eigenvalue weighted by molar-refractivity contribution is 5.25. The van der Waals surface area contributed by atoms with Crippen LogP contribution >= 0.6 is 0 Å². The van der Waals surface area contributed by atoms with Gasteiger partial charge in [-0.25, -0.2) is 0 Å². The van der Waals surface area contributed by atoms with E-state index in [0.717, 1.165) is 17.8 Å². The van der Waals surface area contributed by atoms with Crippen LogP contribution in [-0.2, 0) is 0 Å². The molecule has 5 atom stereocenters. The van der Waals surface area contributed by atoms with Crippen LogP contribution in [0.2, 0.25) is 0 Å². The maximum Gasteiger partial charge on any atom is -0.0187 e. The van der Waals surface area contributed by atoms with Crippen LogP contribution in [0.1, 0.15) is 60.3 Å². The predicted octanol–water partition coefficient (Wildman–Crippen LogP) is 4.49. The second-order valence-corrected chi connectivity index (χ2v) is 7.68. The number of rotatable bonds is 1. The van der Waals surface area contributed by atoms with Crippen molar-refractivity contribution in [3.63, 3.8) is 0 Å². The molecule has 0 aromatic heterocycles. The summed E-state index contributed by atoms with van der Waals surface area (Å²) >= 11 is 0. The lowest BCUT2D eigenvalue weighted by Crippen LogP contribution is -2.60. The van der Waals surface area contributed by atoms with Crippen molar-refractivity contribution < 1.29 is 0 Å². The molecule has 3 saturated carbocycles. The average molecular weight is 206 g/mol. The van der Waals surface area contributed by atoms with Gasteiger partial charge in [0.1, 0.15) is 0 Å². The highest BCUT2D eigenvalue weighted by atomic mass is 14.8. The molecule has 0 bridgehead atoms. The molecule has 3 rings (SSSR count). The monoisotopic (exact) mass is 206 g/mol. The van der Waals surface area contributed by atoms with Crippen molar-refractivity contribution >= 4 is 0 Å². The first-order valence-corrected chi connectivity index (χ1v) is 6.85. The van der Waals surface area contributed by atoms with Gasteiger partial charge in [-0.1, -0.05) is 34.6 Å². The van der Waals surface area contributed by atoms with E-state index in [-0.39, 0.29) is 0 Å². The zero-order valence-corrected chi connectivity index (χ0v) is 11.1. The number of hydrogen-bond acceptors (Lipinski definition) is 0. The summed E-state index contributed by atoms with van der Waals surface area (Å²) in [6, 6.07) is 0. The molecule has 0 aromatic rings. The van der Waals surface area contributed by atoms with Gasteiger partial charge in [0, 0.05) is 0 Å². The van der Waals surface area contributed by atoms with E-state index in [1.165, 1.54) is 25.7 Å². The van der Waals surface area contributed by atoms with E-state index < -0.39 is 0 Å². The highest BCUT2D eigenvalue weighted by Crippen LogP contribution is 2.84. The van der Waals surface area contributed by atoms with Gasteiger partial charge in [-0.2, -0.15) is 0 Å². The van der Waals surface area contributed by atoms with E-state index in [1.807, 2.05) is 0 Å². The topological polar surface area (TPSA) is 0 Å². The molecule has 0 N–H and O–H groups in total. The molecule has 3 aliphatic rings. The highest BCUT2D eigenvalue weighted by Gasteiger charge is 2.77. The minimum Gasteiger partial charge on any atom is -0.0625 e. The molecule has 0 aliphatic heterocycles. The average Bonchev–Trinajstić information content (AvgIpc) is 2.43. The third-order valence-corrected chi connectivity index (χ3v) is 7.22. The SMILES string of the molecule is CC(C)C1C[C@@H]2CCC3(C)C[C@@]1(C)C23C. The van der Waals surface area contributed by atoms with Gasteiger partial charge in [0.05, 0.1) is 0 Å². The summed E-state index contributed by atoms with van der Waals surface area (Å²) in [6.45, 7) is 12.7. The largest absolute Gasteiger partial charge is 0.0625 e. The summed E-state index contributed by atoms with van der Waals surface area (Å²) in [7, 11) is 0. The molecular formula is C15H26. The molecule has 15 heavy (non-hydrogen) atoms. The van der Waals surface area contributed by atoms with E-state index in [0.29, 0.717) is 16.2 Å². The van der Waals surface area contributed by atoms with Crippen LogP contribution in [0.25, 0.3) is 0 Å². The van der Waals surface area contributed by atoms with E-state index in [4.69, 9.17) is 0 Å². The Balaban J connectivity index is 2.03. The maximum atomic E-state index is 2.62. The lowest BCUT2D eigenvalue weighted by atomic mass is 9.38. The summed E-state index contributed by atoms with van der Waals surface area (Å²) in [6.07, 6.45) is 6.07. The van der Waals surface area contributed by atoms with Crippen molar-refractivity contribution in [3.8, 4) is 0 Å². The molecule has 0 nitrogen and oxygen atoms in total. The lowest BCUT2D eigenvalue weighted by molar-refractivity contribution is -0.184. The third-order valence-electron chi connectivity index (χ3n) is 7.22. The molecule has 0 spiro atoms. The Labute approximate surface area is 94.8 Å². The van der Waals surface area contributed by atoms with E-state index in [1.54, 1.807) is 0 Å². The molecule has 0 saturated heterocycles. The molecule has 0 radical (unpaired) electrons. The molecule has 0 heterocycles. The van der Waals surface area contributed by atoms with Crippen molar-refractivity contribution in [2.24, 2.45) is 34.0 Å². The zero-order chi connectivity index (χ0) is 11.1. The van der Waals surface area contributed by atoms with Crippen molar-refractivity contribution in [2.45, 2.75) is 60.3 Å². The number of hydrogen-bond donors (Lipinski definition) is 0. The summed E-state index contributed by atoms with van der Waals surface area (Å²) in [5, 5.41) is 0. The zero-order valence-electron chi connectivity index (χ0n) is 11.1. The van der Waals surface area contributed by atoms with Gasteiger partial charge in [-0.15, -0.1) is 0 Å². The van der Waals surface area contributed by atoms with Gasteiger partial charge in [-0.3, -0.25) is 0 Å². The van der Waals surface area contributed by atoms with Crippen LogP contribution in [-0.4, -0.2) is 0 Å². The standard InChI is InChI=1S/C15H26/c1-10(2)12-8-11-6-7-13(3)9-14(12,4)15(11,13)5/h10-12H,6-9H2,1-5H3/t11-,12?,13?,14+,15?/m0/s1. The summed E-state index contributed by atoms with van der Waals surface area (Å²) in [4.78, 5) is 0. The Hall–Kier alpha value is 0. The molecule has 0 amide bonds. The first-order valence-electron chi connectivity index (χ1n) is 6.85. The Morgan fingerprint density at radius 2 is 1.80 bits per heavy atom. The molecule has 3 unspecified atom stereocenters. The molecule has 3 fully saturated rings. The van der Waals surface area contributed by atoms with Gasteiger partial charge in [0.25, 0.3) is 0 Å². The van der Waals surface area contributed by atoms with E-state index in [2.05, 4.69) is 34.6 Å². The Morgan fingerprint density at radius 1 is 1.13 bits per heavy atom. The lowest BCUT2D eigenvalue weighted by Gasteiger charge is -2.66. The third kappa shape index (κ3) is 0.806. The van der Waals surface area contributed by atoms with Crippen molar-refractivity contribution in [3.05, 3.63) is 0 Å². The molecule has 0 heteroatoms.